The van der Waals surface area contributed by atoms with Crippen molar-refractivity contribution in [2.45, 2.75) is 13.3 Å². The Balaban J connectivity index is 2.85. The SMILES string of the molecule is CCCS(=O)CC(=O)c1c(F)cccc1F. The van der Waals surface area contributed by atoms with E-state index in [1.165, 1.54) is 6.07 Å². The molecule has 88 valence electrons. The minimum Gasteiger partial charge on any atom is -0.293 e. The predicted molar refractivity (Wildman–Crippen MR) is 58.9 cm³/mol. The van der Waals surface area contributed by atoms with Crippen LogP contribution in [0.1, 0.15) is 23.7 Å². The highest BCUT2D eigenvalue weighted by atomic mass is 32.2. The van der Waals surface area contributed by atoms with E-state index in [9.17, 15) is 17.8 Å². The third kappa shape index (κ3) is 3.20. The lowest BCUT2D eigenvalue weighted by Crippen LogP contribution is -2.16. The molecule has 2 nitrogen and oxygen atoms in total. The molecule has 0 aliphatic heterocycles. The van der Waals surface area contributed by atoms with Gasteiger partial charge in [-0.25, -0.2) is 8.78 Å². The van der Waals surface area contributed by atoms with Crippen LogP contribution in [0, 0.1) is 11.6 Å². The topological polar surface area (TPSA) is 34.1 Å². The first-order valence-electron chi connectivity index (χ1n) is 4.88. The second kappa shape index (κ2) is 5.84. The predicted octanol–water partition coefficient (Wildman–Crippen LogP) is 2.31. The molecule has 0 spiro atoms. The molecule has 0 heterocycles. The van der Waals surface area contributed by atoms with Gasteiger partial charge in [0.2, 0.25) is 0 Å². The Morgan fingerprint density at radius 3 is 2.38 bits per heavy atom. The molecule has 0 aromatic heterocycles. The Morgan fingerprint density at radius 1 is 1.31 bits per heavy atom. The molecule has 1 rings (SSSR count). The van der Waals surface area contributed by atoms with Gasteiger partial charge in [0.15, 0.2) is 5.78 Å². The summed E-state index contributed by atoms with van der Waals surface area (Å²) in [6, 6.07) is 3.21. The van der Waals surface area contributed by atoms with Crippen molar-refractivity contribution in [1.82, 2.24) is 0 Å². The summed E-state index contributed by atoms with van der Waals surface area (Å²) in [5.74, 6) is -2.52. The maximum atomic E-state index is 13.2. The first kappa shape index (κ1) is 13.0. The first-order valence-corrected chi connectivity index (χ1v) is 6.37. The van der Waals surface area contributed by atoms with E-state index in [4.69, 9.17) is 0 Å². The molecule has 1 atom stereocenters. The quantitative estimate of drug-likeness (QED) is 0.747. The molecule has 1 aromatic rings. The van der Waals surface area contributed by atoms with Gasteiger partial charge in [0.1, 0.15) is 11.6 Å². The van der Waals surface area contributed by atoms with E-state index in [1.54, 1.807) is 0 Å². The minimum atomic E-state index is -1.35. The fourth-order valence-electron chi connectivity index (χ4n) is 1.28. The average Bonchev–Trinajstić information content (AvgIpc) is 2.17. The molecule has 0 saturated heterocycles. The van der Waals surface area contributed by atoms with Crippen molar-refractivity contribution in [2.24, 2.45) is 0 Å². The molecule has 1 unspecified atom stereocenters. The molecule has 0 radical (unpaired) electrons. The summed E-state index contributed by atoms with van der Waals surface area (Å²) in [6.45, 7) is 1.83. The Morgan fingerprint density at radius 2 is 1.88 bits per heavy atom. The van der Waals surface area contributed by atoms with Crippen molar-refractivity contribution in [1.29, 1.82) is 0 Å². The summed E-state index contributed by atoms with van der Waals surface area (Å²) in [5.41, 5.74) is -0.591. The molecule has 1 aromatic carbocycles. The smallest absolute Gasteiger partial charge is 0.181 e. The van der Waals surface area contributed by atoms with Gasteiger partial charge in [-0.15, -0.1) is 0 Å². The van der Waals surface area contributed by atoms with Crippen LogP contribution >= 0.6 is 0 Å². The number of ketones is 1. The van der Waals surface area contributed by atoms with Crippen molar-refractivity contribution in [3.8, 4) is 0 Å². The maximum Gasteiger partial charge on any atom is 0.181 e. The Hall–Kier alpha value is -1.10. The molecule has 0 N–H and O–H groups in total. The maximum absolute atomic E-state index is 13.2. The number of carbonyl (C=O) groups excluding carboxylic acids is 1. The normalized spacial score (nSPS) is 12.4. The molecular weight excluding hydrogens is 234 g/mol. The van der Waals surface area contributed by atoms with Gasteiger partial charge in [0, 0.05) is 16.6 Å². The van der Waals surface area contributed by atoms with Crippen LogP contribution in [0.2, 0.25) is 0 Å². The highest BCUT2D eigenvalue weighted by molar-refractivity contribution is 7.85. The number of Topliss-reactive ketones (excluding diaryl/α,β-unsaturated/α-hetero) is 1. The molecule has 0 amide bonds. The molecule has 0 saturated carbocycles. The lowest BCUT2D eigenvalue weighted by molar-refractivity contribution is 0.101. The molecule has 5 heteroatoms. The van der Waals surface area contributed by atoms with Crippen molar-refractivity contribution in [3.05, 3.63) is 35.4 Å². The van der Waals surface area contributed by atoms with Gasteiger partial charge in [-0.05, 0) is 18.6 Å². The first-order chi connectivity index (χ1) is 7.56. The van der Waals surface area contributed by atoms with E-state index in [2.05, 4.69) is 0 Å². The number of hydrogen-bond acceptors (Lipinski definition) is 2. The highest BCUT2D eigenvalue weighted by Crippen LogP contribution is 2.13. The number of hydrogen-bond donors (Lipinski definition) is 0. The Bertz CT molecular complexity index is 398. The summed E-state index contributed by atoms with van der Waals surface area (Å²) < 4.78 is 37.6. The van der Waals surface area contributed by atoms with Gasteiger partial charge < -0.3 is 0 Å². The van der Waals surface area contributed by atoms with E-state index in [0.717, 1.165) is 12.1 Å². The van der Waals surface area contributed by atoms with E-state index in [-0.39, 0.29) is 5.75 Å². The Kier molecular flexibility index (Phi) is 4.73. The minimum absolute atomic E-state index is 0.328. The van der Waals surface area contributed by atoms with Crippen LogP contribution in [0.4, 0.5) is 8.78 Å². The molecule has 0 bridgehead atoms. The van der Waals surface area contributed by atoms with Gasteiger partial charge in [-0.2, -0.15) is 0 Å². The third-order valence-corrected chi connectivity index (χ3v) is 3.41. The monoisotopic (exact) mass is 246 g/mol. The molecule has 0 aliphatic carbocycles. The average molecular weight is 246 g/mol. The summed E-state index contributed by atoms with van der Waals surface area (Å²) >= 11 is 0. The van der Waals surface area contributed by atoms with Gasteiger partial charge in [-0.1, -0.05) is 13.0 Å². The van der Waals surface area contributed by atoms with Gasteiger partial charge in [-0.3, -0.25) is 9.00 Å². The highest BCUT2D eigenvalue weighted by Gasteiger charge is 2.18. The van der Waals surface area contributed by atoms with Crippen molar-refractivity contribution in [3.63, 3.8) is 0 Å². The van der Waals surface area contributed by atoms with Gasteiger partial charge in [0.05, 0.1) is 11.3 Å². The van der Waals surface area contributed by atoms with E-state index >= 15 is 0 Å². The summed E-state index contributed by atoms with van der Waals surface area (Å²) in [5, 5.41) is 0. The standard InChI is InChI=1S/C11H12F2O2S/c1-2-6-16(15)7-10(14)11-8(12)4-3-5-9(11)13/h3-5H,2,6-7H2,1H3. The van der Waals surface area contributed by atoms with E-state index in [0.29, 0.717) is 12.2 Å². The lowest BCUT2D eigenvalue weighted by Gasteiger charge is -2.03. The van der Waals surface area contributed by atoms with Gasteiger partial charge in [0.25, 0.3) is 0 Å². The third-order valence-electron chi connectivity index (χ3n) is 1.97. The molecule has 16 heavy (non-hydrogen) atoms. The van der Waals surface area contributed by atoms with Crippen LogP contribution < -0.4 is 0 Å². The summed E-state index contributed by atoms with van der Waals surface area (Å²) in [6.07, 6.45) is 0.666. The van der Waals surface area contributed by atoms with Crippen molar-refractivity contribution in [2.75, 3.05) is 11.5 Å². The Labute approximate surface area is 95.1 Å². The molecular formula is C11H12F2O2S. The number of halogens is 2. The van der Waals surface area contributed by atoms with Crippen molar-refractivity contribution >= 4 is 16.6 Å². The lowest BCUT2D eigenvalue weighted by atomic mass is 10.1. The number of rotatable bonds is 5. The second-order valence-electron chi connectivity index (χ2n) is 3.31. The van der Waals surface area contributed by atoms with Crippen LogP contribution in [0.15, 0.2) is 18.2 Å². The second-order valence-corrected chi connectivity index (χ2v) is 4.88. The van der Waals surface area contributed by atoms with Crippen LogP contribution in [-0.4, -0.2) is 21.5 Å². The van der Waals surface area contributed by atoms with E-state index < -0.39 is 33.8 Å². The summed E-state index contributed by atoms with van der Waals surface area (Å²) in [7, 11) is -1.35. The van der Waals surface area contributed by atoms with Gasteiger partial charge >= 0.3 is 0 Å². The largest absolute Gasteiger partial charge is 0.293 e. The fourth-order valence-corrected chi connectivity index (χ4v) is 2.32. The van der Waals surface area contributed by atoms with Crippen molar-refractivity contribution < 1.29 is 17.8 Å². The zero-order chi connectivity index (χ0) is 12.1. The van der Waals surface area contributed by atoms with Crippen LogP contribution in [0.5, 0.6) is 0 Å². The molecule has 0 aliphatic rings. The van der Waals surface area contributed by atoms with Crippen LogP contribution in [0.3, 0.4) is 0 Å². The fraction of sp³-hybridized carbons (Fsp3) is 0.364. The zero-order valence-corrected chi connectivity index (χ0v) is 9.65. The summed E-state index contributed by atoms with van der Waals surface area (Å²) in [4.78, 5) is 11.5. The molecule has 0 fully saturated rings. The van der Waals surface area contributed by atoms with Crippen LogP contribution in [-0.2, 0) is 10.8 Å². The van der Waals surface area contributed by atoms with E-state index in [1.807, 2.05) is 6.92 Å². The zero-order valence-electron chi connectivity index (χ0n) is 8.83. The number of carbonyl (C=O) groups is 1. The van der Waals surface area contributed by atoms with Crippen LogP contribution in [0.25, 0.3) is 0 Å². The number of benzene rings is 1.